The molecule has 0 unspecified atom stereocenters. The van der Waals surface area contributed by atoms with E-state index in [-0.39, 0.29) is 0 Å². The Morgan fingerprint density at radius 3 is 2.42 bits per heavy atom. The Balaban J connectivity index is 3.10. The standard InChI is InChI=1S/C17H21NS/c1-7-15-10-14(8-9-16(15)18-6)11-17(12(2)3)19-13(4)5/h7-11H,2,4H2,1,3,5-6H3/b15-7-,17-11-,18-16?. The number of rotatable bonds is 4. The summed E-state index contributed by atoms with van der Waals surface area (Å²) in [5.41, 5.74) is 4.38. The van der Waals surface area contributed by atoms with E-state index in [4.69, 9.17) is 0 Å². The van der Waals surface area contributed by atoms with E-state index in [9.17, 15) is 0 Å². The molecule has 0 bridgehead atoms. The number of hydrogen-bond donors (Lipinski definition) is 0. The van der Waals surface area contributed by atoms with Crippen molar-refractivity contribution >= 4 is 17.5 Å². The van der Waals surface area contributed by atoms with Crippen LogP contribution in [0.15, 0.2) is 75.1 Å². The molecule has 1 rings (SSSR count). The highest BCUT2D eigenvalue weighted by molar-refractivity contribution is 8.06. The average molecular weight is 271 g/mol. The maximum Gasteiger partial charge on any atom is 0.0640 e. The van der Waals surface area contributed by atoms with E-state index in [1.54, 1.807) is 11.8 Å². The highest BCUT2D eigenvalue weighted by Gasteiger charge is 2.07. The Morgan fingerprint density at radius 2 is 1.95 bits per heavy atom. The molecule has 0 saturated carbocycles. The third-order valence-electron chi connectivity index (χ3n) is 2.61. The van der Waals surface area contributed by atoms with Crippen molar-refractivity contribution in [3.8, 4) is 0 Å². The molecule has 1 nitrogen and oxygen atoms in total. The summed E-state index contributed by atoms with van der Waals surface area (Å²) in [5.74, 6) is 0. The lowest BCUT2D eigenvalue weighted by molar-refractivity contribution is 1.41. The summed E-state index contributed by atoms with van der Waals surface area (Å²) in [5, 5.41) is 0. The minimum absolute atomic E-state index is 1.02. The molecule has 1 aliphatic carbocycles. The van der Waals surface area contributed by atoms with Crippen LogP contribution < -0.4 is 0 Å². The summed E-state index contributed by atoms with van der Waals surface area (Å²) in [6, 6.07) is 0. The fourth-order valence-corrected chi connectivity index (χ4v) is 2.42. The monoisotopic (exact) mass is 271 g/mol. The van der Waals surface area contributed by atoms with Gasteiger partial charge in [0.05, 0.1) is 5.71 Å². The lowest BCUT2D eigenvalue weighted by atomic mass is 9.99. The summed E-state index contributed by atoms with van der Waals surface area (Å²) in [6.45, 7) is 14.0. The number of aliphatic imine (C=N–C) groups is 1. The minimum atomic E-state index is 1.02. The molecule has 2 heteroatoms. The van der Waals surface area contributed by atoms with Crippen molar-refractivity contribution in [1.82, 2.24) is 0 Å². The molecular weight excluding hydrogens is 250 g/mol. The molecule has 0 radical (unpaired) electrons. The van der Waals surface area contributed by atoms with Crippen LogP contribution in [0.5, 0.6) is 0 Å². The van der Waals surface area contributed by atoms with Gasteiger partial charge in [-0.15, -0.1) is 0 Å². The molecule has 0 fully saturated rings. The highest BCUT2D eigenvalue weighted by Crippen LogP contribution is 2.30. The normalized spacial score (nSPS) is 19.8. The Morgan fingerprint density at radius 1 is 1.26 bits per heavy atom. The first-order chi connectivity index (χ1) is 8.97. The van der Waals surface area contributed by atoms with Crippen molar-refractivity contribution in [3.05, 3.63) is 70.1 Å². The Kier molecular flexibility index (Phi) is 5.84. The van der Waals surface area contributed by atoms with Crippen LogP contribution in [0.25, 0.3) is 0 Å². The predicted molar refractivity (Wildman–Crippen MR) is 89.6 cm³/mol. The molecule has 0 aliphatic heterocycles. The first-order valence-electron chi connectivity index (χ1n) is 6.22. The SMILES string of the molecule is C=C(C)S/C(=C\C1=CC(=C/C)/C(=NC)C=C1)C(=C)C. The summed E-state index contributed by atoms with van der Waals surface area (Å²) < 4.78 is 0. The quantitative estimate of drug-likeness (QED) is 0.638. The van der Waals surface area contributed by atoms with E-state index in [0.29, 0.717) is 0 Å². The van der Waals surface area contributed by atoms with Gasteiger partial charge in [-0.2, -0.15) is 0 Å². The fourth-order valence-electron chi connectivity index (χ4n) is 1.68. The van der Waals surface area contributed by atoms with Crippen molar-refractivity contribution in [2.24, 2.45) is 4.99 Å². The van der Waals surface area contributed by atoms with Gasteiger partial charge in [0.25, 0.3) is 0 Å². The van der Waals surface area contributed by atoms with Crippen LogP contribution in [0.1, 0.15) is 20.8 Å². The largest absolute Gasteiger partial charge is 0.288 e. The number of nitrogens with zero attached hydrogens (tertiary/aromatic N) is 1. The van der Waals surface area contributed by atoms with Gasteiger partial charge in [-0.05, 0) is 60.6 Å². The van der Waals surface area contributed by atoms with Crippen molar-refractivity contribution < 1.29 is 0 Å². The third kappa shape index (κ3) is 4.56. The molecule has 0 spiro atoms. The molecule has 0 atom stereocenters. The van der Waals surface area contributed by atoms with Crippen molar-refractivity contribution in [2.45, 2.75) is 20.8 Å². The molecule has 100 valence electrons. The first kappa shape index (κ1) is 15.5. The third-order valence-corrected chi connectivity index (χ3v) is 3.64. The highest BCUT2D eigenvalue weighted by atomic mass is 32.2. The van der Waals surface area contributed by atoms with Crippen molar-refractivity contribution in [1.29, 1.82) is 0 Å². The van der Waals surface area contributed by atoms with E-state index in [0.717, 1.165) is 32.2 Å². The average Bonchev–Trinajstić information content (AvgIpc) is 2.37. The molecule has 0 saturated heterocycles. The van der Waals surface area contributed by atoms with Crippen LogP contribution in [0.4, 0.5) is 0 Å². The Hall–Kier alpha value is -1.54. The maximum absolute atomic E-state index is 4.26. The van der Waals surface area contributed by atoms with Gasteiger partial charge < -0.3 is 0 Å². The van der Waals surface area contributed by atoms with Crippen LogP contribution in [0.3, 0.4) is 0 Å². The Labute approximate surface area is 120 Å². The van der Waals surface area contributed by atoms with Gasteiger partial charge >= 0.3 is 0 Å². The molecule has 1 aliphatic rings. The zero-order valence-electron chi connectivity index (χ0n) is 12.2. The zero-order chi connectivity index (χ0) is 14.4. The van der Waals surface area contributed by atoms with Gasteiger partial charge in [0, 0.05) is 12.0 Å². The van der Waals surface area contributed by atoms with E-state index >= 15 is 0 Å². The van der Waals surface area contributed by atoms with E-state index in [1.807, 2.05) is 33.9 Å². The number of hydrogen-bond acceptors (Lipinski definition) is 2. The maximum atomic E-state index is 4.26. The number of thioether (sulfide) groups is 1. The van der Waals surface area contributed by atoms with Crippen LogP contribution in [-0.4, -0.2) is 12.8 Å². The van der Waals surface area contributed by atoms with Gasteiger partial charge in [0.2, 0.25) is 0 Å². The second kappa shape index (κ2) is 7.15. The fraction of sp³-hybridized carbons (Fsp3) is 0.235. The lowest BCUT2D eigenvalue weighted by Crippen LogP contribution is -2.01. The molecule has 0 amide bonds. The molecule has 0 heterocycles. The zero-order valence-corrected chi connectivity index (χ0v) is 13.0. The van der Waals surface area contributed by atoms with Gasteiger partial charge in [0.15, 0.2) is 0 Å². The second-order valence-corrected chi connectivity index (χ2v) is 5.76. The lowest BCUT2D eigenvalue weighted by Gasteiger charge is -2.11. The first-order valence-corrected chi connectivity index (χ1v) is 7.03. The number of allylic oxidation sites excluding steroid dienone is 9. The van der Waals surface area contributed by atoms with E-state index in [2.05, 4.69) is 42.5 Å². The molecule has 19 heavy (non-hydrogen) atoms. The van der Waals surface area contributed by atoms with Crippen molar-refractivity contribution in [2.75, 3.05) is 7.05 Å². The molecule has 0 aromatic heterocycles. The van der Waals surface area contributed by atoms with Crippen LogP contribution in [-0.2, 0) is 0 Å². The van der Waals surface area contributed by atoms with Crippen LogP contribution >= 0.6 is 11.8 Å². The van der Waals surface area contributed by atoms with Gasteiger partial charge in [-0.3, -0.25) is 4.99 Å². The van der Waals surface area contributed by atoms with Gasteiger partial charge in [0.1, 0.15) is 0 Å². The van der Waals surface area contributed by atoms with Crippen LogP contribution in [0, 0.1) is 0 Å². The van der Waals surface area contributed by atoms with Gasteiger partial charge in [-0.25, -0.2) is 0 Å². The topological polar surface area (TPSA) is 12.4 Å². The summed E-state index contributed by atoms with van der Waals surface area (Å²) >= 11 is 1.66. The summed E-state index contributed by atoms with van der Waals surface area (Å²) in [4.78, 5) is 6.47. The summed E-state index contributed by atoms with van der Waals surface area (Å²) in [7, 11) is 1.81. The smallest absolute Gasteiger partial charge is 0.0640 e. The molecule has 0 aromatic rings. The molecule has 0 N–H and O–H groups in total. The predicted octanol–water partition coefficient (Wildman–Crippen LogP) is 5.23. The Bertz CT molecular complexity index is 540. The second-order valence-electron chi connectivity index (χ2n) is 4.42. The van der Waals surface area contributed by atoms with Crippen molar-refractivity contribution in [3.63, 3.8) is 0 Å². The molecule has 0 aromatic carbocycles. The van der Waals surface area contributed by atoms with E-state index < -0.39 is 0 Å². The van der Waals surface area contributed by atoms with E-state index in [1.165, 1.54) is 0 Å². The minimum Gasteiger partial charge on any atom is -0.288 e. The van der Waals surface area contributed by atoms with Gasteiger partial charge in [-0.1, -0.05) is 37.1 Å². The van der Waals surface area contributed by atoms with Crippen LogP contribution in [0.2, 0.25) is 0 Å². The molecular formula is C17H21NS. The summed E-state index contributed by atoms with van der Waals surface area (Å²) in [6.07, 6.45) is 10.5.